The zero-order chi connectivity index (χ0) is 18.5. The van der Waals surface area contributed by atoms with Gasteiger partial charge in [0, 0.05) is 35.5 Å². The Hall–Kier alpha value is -2.62. The van der Waals surface area contributed by atoms with E-state index in [0.29, 0.717) is 6.04 Å². The average Bonchev–Trinajstić information content (AvgIpc) is 2.72. The molecule has 1 atom stereocenters. The van der Waals surface area contributed by atoms with Crippen LogP contribution in [0.15, 0.2) is 84.9 Å². The van der Waals surface area contributed by atoms with E-state index in [2.05, 4.69) is 78.1 Å². The average molecular weight is 359 g/mol. The van der Waals surface area contributed by atoms with Gasteiger partial charge in [-0.25, -0.2) is 0 Å². The lowest BCUT2D eigenvalue weighted by molar-refractivity contribution is -0.965. The number of quaternary nitrogens is 1. The third-order valence-electron chi connectivity index (χ3n) is 5.72. The topological polar surface area (TPSA) is 38.0 Å². The standard InChI is InChI=1S/C24H28N3/c25-23-13-11-22(12-14-23)24(21-9-5-2-6-10-21)27(17-15-26-16-18-27)19-20-7-3-1-4-8-20/h1-14,24,26H,15-19,25H2/q+1. The van der Waals surface area contributed by atoms with Crippen LogP contribution >= 0.6 is 0 Å². The maximum Gasteiger partial charge on any atom is 0.141 e. The zero-order valence-corrected chi connectivity index (χ0v) is 15.7. The highest BCUT2D eigenvalue weighted by atomic mass is 15.4. The Morgan fingerprint density at radius 3 is 1.93 bits per heavy atom. The lowest BCUT2D eigenvalue weighted by atomic mass is 9.92. The van der Waals surface area contributed by atoms with Crippen LogP contribution in [0, 0.1) is 0 Å². The van der Waals surface area contributed by atoms with E-state index in [-0.39, 0.29) is 0 Å². The molecular weight excluding hydrogens is 330 g/mol. The van der Waals surface area contributed by atoms with Crippen LogP contribution < -0.4 is 11.1 Å². The van der Waals surface area contributed by atoms with Gasteiger partial charge in [0.15, 0.2) is 0 Å². The summed E-state index contributed by atoms with van der Waals surface area (Å²) in [5.41, 5.74) is 10.9. The second-order valence-corrected chi connectivity index (χ2v) is 7.54. The van der Waals surface area contributed by atoms with E-state index < -0.39 is 0 Å². The molecule has 3 N–H and O–H groups in total. The highest BCUT2D eigenvalue weighted by molar-refractivity contribution is 5.42. The van der Waals surface area contributed by atoms with E-state index >= 15 is 0 Å². The molecule has 0 radical (unpaired) electrons. The summed E-state index contributed by atoms with van der Waals surface area (Å²) in [4.78, 5) is 0. The molecule has 1 fully saturated rings. The second kappa shape index (κ2) is 7.95. The summed E-state index contributed by atoms with van der Waals surface area (Å²) in [6, 6.07) is 30.6. The van der Waals surface area contributed by atoms with Crippen molar-refractivity contribution in [1.82, 2.24) is 5.32 Å². The van der Waals surface area contributed by atoms with Crippen LogP contribution in [0.5, 0.6) is 0 Å². The fraction of sp³-hybridized carbons (Fsp3) is 0.250. The Morgan fingerprint density at radius 1 is 0.741 bits per heavy atom. The van der Waals surface area contributed by atoms with Gasteiger partial charge in [0.1, 0.15) is 12.6 Å². The molecule has 0 saturated carbocycles. The molecular formula is C24H28N3+. The fourth-order valence-electron chi connectivity index (χ4n) is 4.43. The Morgan fingerprint density at radius 2 is 1.30 bits per heavy atom. The molecule has 1 saturated heterocycles. The van der Waals surface area contributed by atoms with Crippen LogP contribution in [-0.4, -0.2) is 30.7 Å². The summed E-state index contributed by atoms with van der Waals surface area (Å²) in [6.45, 7) is 5.35. The number of nitrogens with zero attached hydrogens (tertiary/aromatic N) is 1. The van der Waals surface area contributed by atoms with Crippen molar-refractivity contribution in [2.24, 2.45) is 0 Å². The molecule has 0 amide bonds. The van der Waals surface area contributed by atoms with E-state index in [4.69, 9.17) is 5.73 Å². The van der Waals surface area contributed by atoms with Crippen molar-refractivity contribution in [3.05, 3.63) is 102 Å². The predicted molar refractivity (Wildman–Crippen MR) is 112 cm³/mol. The van der Waals surface area contributed by atoms with Crippen molar-refractivity contribution in [3.8, 4) is 0 Å². The van der Waals surface area contributed by atoms with E-state index in [0.717, 1.165) is 42.9 Å². The fourth-order valence-corrected chi connectivity index (χ4v) is 4.43. The summed E-state index contributed by atoms with van der Waals surface area (Å²) in [6.07, 6.45) is 0. The van der Waals surface area contributed by atoms with E-state index in [1.54, 1.807) is 0 Å². The molecule has 3 aromatic carbocycles. The van der Waals surface area contributed by atoms with Gasteiger partial charge in [-0.15, -0.1) is 0 Å². The molecule has 138 valence electrons. The van der Waals surface area contributed by atoms with Gasteiger partial charge in [0.25, 0.3) is 0 Å². The molecule has 1 aliphatic heterocycles. The minimum Gasteiger partial charge on any atom is -0.399 e. The van der Waals surface area contributed by atoms with Crippen LogP contribution in [0.25, 0.3) is 0 Å². The first-order chi connectivity index (χ1) is 13.3. The Balaban J connectivity index is 1.82. The SMILES string of the molecule is Nc1ccc(C(c2ccccc2)[N+]2(Cc3ccccc3)CCNCC2)cc1. The van der Waals surface area contributed by atoms with Crippen LogP contribution in [0.1, 0.15) is 22.7 Å². The predicted octanol–water partition coefficient (Wildman–Crippen LogP) is 3.98. The lowest BCUT2D eigenvalue weighted by Crippen LogP contribution is -2.59. The monoisotopic (exact) mass is 358 g/mol. The first-order valence-electron chi connectivity index (χ1n) is 9.78. The number of nitrogens with two attached hydrogens (primary N) is 1. The first kappa shape index (κ1) is 17.8. The number of anilines is 1. The molecule has 0 bridgehead atoms. The highest BCUT2D eigenvalue weighted by Gasteiger charge is 2.40. The van der Waals surface area contributed by atoms with Gasteiger partial charge < -0.3 is 15.5 Å². The molecule has 0 aromatic heterocycles. The van der Waals surface area contributed by atoms with Crippen molar-refractivity contribution < 1.29 is 4.48 Å². The minimum absolute atomic E-state index is 0.300. The van der Waals surface area contributed by atoms with Gasteiger partial charge in [-0.1, -0.05) is 72.8 Å². The smallest absolute Gasteiger partial charge is 0.141 e. The molecule has 3 nitrogen and oxygen atoms in total. The van der Waals surface area contributed by atoms with Crippen LogP contribution in [0.2, 0.25) is 0 Å². The maximum absolute atomic E-state index is 5.99. The van der Waals surface area contributed by atoms with Crippen molar-refractivity contribution in [2.75, 3.05) is 31.9 Å². The summed E-state index contributed by atoms with van der Waals surface area (Å²) >= 11 is 0. The van der Waals surface area contributed by atoms with E-state index in [1.165, 1.54) is 16.7 Å². The molecule has 3 heteroatoms. The molecule has 0 aliphatic carbocycles. The molecule has 4 rings (SSSR count). The van der Waals surface area contributed by atoms with E-state index in [1.807, 2.05) is 12.1 Å². The van der Waals surface area contributed by atoms with Crippen molar-refractivity contribution in [3.63, 3.8) is 0 Å². The van der Waals surface area contributed by atoms with Gasteiger partial charge in [0.2, 0.25) is 0 Å². The van der Waals surface area contributed by atoms with Crippen LogP contribution in [0.4, 0.5) is 5.69 Å². The van der Waals surface area contributed by atoms with E-state index in [9.17, 15) is 0 Å². The normalized spacial score (nSPS) is 17.3. The molecule has 1 unspecified atom stereocenters. The molecule has 1 heterocycles. The molecule has 3 aromatic rings. The number of hydrogen-bond donors (Lipinski definition) is 2. The second-order valence-electron chi connectivity index (χ2n) is 7.54. The van der Waals surface area contributed by atoms with Crippen molar-refractivity contribution in [2.45, 2.75) is 12.6 Å². The number of rotatable bonds is 5. The molecule has 27 heavy (non-hydrogen) atoms. The summed E-state index contributed by atoms with van der Waals surface area (Å²) in [7, 11) is 0. The highest BCUT2D eigenvalue weighted by Crippen LogP contribution is 2.37. The van der Waals surface area contributed by atoms with Gasteiger partial charge in [-0.2, -0.15) is 0 Å². The van der Waals surface area contributed by atoms with Gasteiger partial charge in [-0.3, -0.25) is 0 Å². The Kier molecular flexibility index (Phi) is 5.23. The summed E-state index contributed by atoms with van der Waals surface area (Å²) in [5.74, 6) is 0. The quantitative estimate of drug-likeness (QED) is 0.535. The van der Waals surface area contributed by atoms with Gasteiger partial charge >= 0.3 is 0 Å². The number of hydrogen-bond acceptors (Lipinski definition) is 2. The largest absolute Gasteiger partial charge is 0.399 e. The summed E-state index contributed by atoms with van der Waals surface area (Å²) in [5, 5.41) is 3.56. The van der Waals surface area contributed by atoms with Crippen molar-refractivity contribution >= 4 is 5.69 Å². The number of nitrogens with one attached hydrogen (secondary N) is 1. The minimum atomic E-state index is 0.300. The van der Waals surface area contributed by atoms with Gasteiger partial charge in [0.05, 0.1) is 13.1 Å². The number of benzene rings is 3. The number of piperazine rings is 1. The lowest BCUT2D eigenvalue weighted by Gasteiger charge is -2.48. The number of nitrogen functional groups attached to an aromatic ring is 1. The third kappa shape index (κ3) is 3.90. The summed E-state index contributed by atoms with van der Waals surface area (Å²) < 4.78 is 1.03. The van der Waals surface area contributed by atoms with Crippen LogP contribution in [0.3, 0.4) is 0 Å². The third-order valence-corrected chi connectivity index (χ3v) is 5.72. The molecule has 0 spiro atoms. The zero-order valence-electron chi connectivity index (χ0n) is 15.7. The van der Waals surface area contributed by atoms with Crippen LogP contribution in [-0.2, 0) is 6.54 Å². The Labute approximate surface area is 162 Å². The van der Waals surface area contributed by atoms with Gasteiger partial charge in [-0.05, 0) is 12.1 Å². The first-order valence-corrected chi connectivity index (χ1v) is 9.78. The Bertz CT molecular complexity index is 838. The van der Waals surface area contributed by atoms with Crippen molar-refractivity contribution in [1.29, 1.82) is 0 Å². The molecule has 1 aliphatic rings. The maximum atomic E-state index is 5.99.